The van der Waals surface area contributed by atoms with Gasteiger partial charge < -0.3 is 15.4 Å². The van der Waals surface area contributed by atoms with Crippen molar-refractivity contribution in [3.8, 4) is 0 Å². The van der Waals surface area contributed by atoms with Gasteiger partial charge in [0.15, 0.2) is 0 Å². The Morgan fingerprint density at radius 3 is 2.73 bits per heavy atom. The molecule has 4 nitrogen and oxygen atoms in total. The molecular formula is C11H20N2O2. The highest BCUT2D eigenvalue weighted by Crippen LogP contribution is 2.18. The normalized spacial score (nSPS) is 28.5. The summed E-state index contributed by atoms with van der Waals surface area (Å²) < 4.78 is 5.36. The van der Waals surface area contributed by atoms with E-state index in [1.165, 1.54) is 0 Å². The van der Waals surface area contributed by atoms with Crippen LogP contribution >= 0.6 is 0 Å². The second kappa shape index (κ2) is 4.94. The minimum atomic E-state index is -0.0997. The maximum absolute atomic E-state index is 11.7. The fourth-order valence-corrected chi connectivity index (χ4v) is 1.86. The number of carbonyl (C=O) groups excluding carboxylic acids is 1. The summed E-state index contributed by atoms with van der Waals surface area (Å²) >= 11 is 0. The summed E-state index contributed by atoms with van der Waals surface area (Å²) in [6.07, 6.45) is 4.49. The van der Waals surface area contributed by atoms with Crippen LogP contribution in [-0.4, -0.2) is 37.2 Å². The van der Waals surface area contributed by atoms with E-state index in [9.17, 15) is 4.79 Å². The lowest BCUT2D eigenvalue weighted by Crippen LogP contribution is -2.49. The third-order valence-electron chi connectivity index (χ3n) is 2.96. The molecule has 4 heteroatoms. The maximum atomic E-state index is 11.7. The summed E-state index contributed by atoms with van der Waals surface area (Å²) in [6, 6.07) is 0.695. The number of rotatable bonds is 4. The molecule has 15 heavy (non-hydrogen) atoms. The highest BCUT2D eigenvalue weighted by atomic mass is 16.5. The summed E-state index contributed by atoms with van der Waals surface area (Å²) in [6.45, 7) is 3.52. The number of ether oxygens (including phenoxy) is 1. The van der Waals surface area contributed by atoms with Gasteiger partial charge in [0.2, 0.25) is 5.91 Å². The van der Waals surface area contributed by atoms with Crippen molar-refractivity contribution in [3.63, 3.8) is 0 Å². The molecule has 0 aromatic heterocycles. The van der Waals surface area contributed by atoms with Crippen LogP contribution in [0.2, 0.25) is 0 Å². The van der Waals surface area contributed by atoms with Crippen LogP contribution in [0.25, 0.3) is 0 Å². The highest BCUT2D eigenvalue weighted by Gasteiger charge is 2.26. The first-order valence-electron chi connectivity index (χ1n) is 5.90. The van der Waals surface area contributed by atoms with Crippen molar-refractivity contribution in [2.24, 2.45) is 0 Å². The van der Waals surface area contributed by atoms with Crippen LogP contribution in [0.3, 0.4) is 0 Å². The Kier molecular flexibility index (Phi) is 3.59. The van der Waals surface area contributed by atoms with Gasteiger partial charge in [-0.1, -0.05) is 0 Å². The van der Waals surface area contributed by atoms with Crippen LogP contribution in [0, 0.1) is 0 Å². The number of amides is 1. The summed E-state index contributed by atoms with van der Waals surface area (Å²) in [7, 11) is 0. The molecule has 1 saturated carbocycles. The van der Waals surface area contributed by atoms with Gasteiger partial charge in [0.05, 0.1) is 12.6 Å². The molecule has 1 amide bonds. The van der Waals surface area contributed by atoms with Crippen molar-refractivity contribution in [2.45, 2.75) is 50.7 Å². The zero-order chi connectivity index (χ0) is 10.7. The first kappa shape index (κ1) is 10.9. The molecule has 0 bridgehead atoms. The molecule has 2 aliphatic rings. The second-order valence-electron chi connectivity index (χ2n) is 4.59. The van der Waals surface area contributed by atoms with Crippen LogP contribution in [0.5, 0.6) is 0 Å². The first-order chi connectivity index (χ1) is 7.25. The number of nitrogens with one attached hydrogen (secondary N) is 2. The van der Waals surface area contributed by atoms with E-state index in [1.807, 2.05) is 6.92 Å². The molecule has 2 unspecified atom stereocenters. The van der Waals surface area contributed by atoms with Crippen molar-refractivity contribution in [2.75, 3.05) is 13.2 Å². The maximum Gasteiger partial charge on any atom is 0.237 e. The van der Waals surface area contributed by atoms with E-state index >= 15 is 0 Å². The molecule has 0 radical (unpaired) electrons. The molecule has 0 aromatic carbocycles. The second-order valence-corrected chi connectivity index (χ2v) is 4.59. The van der Waals surface area contributed by atoms with Crippen LogP contribution in [0.4, 0.5) is 0 Å². The fourth-order valence-electron chi connectivity index (χ4n) is 1.86. The van der Waals surface area contributed by atoms with Crippen molar-refractivity contribution in [1.82, 2.24) is 10.6 Å². The van der Waals surface area contributed by atoms with E-state index in [0.29, 0.717) is 12.1 Å². The Labute approximate surface area is 90.8 Å². The van der Waals surface area contributed by atoms with Gasteiger partial charge in [-0.2, -0.15) is 0 Å². The lowest BCUT2D eigenvalue weighted by atomic mass is 10.1. The highest BCUT2D eigenvalue weighted by molar-refractivity contribution is 5.81. The van der Waals surface area contributed by atoms with Crippen molar-refractivity contribution in [3.05, 3.63) is 0 Å². The Balaban J connectivity index is 1.69. The van der Waals surface area contributed by atoms with E-state index in [-0.39, 0.29) is 11.9 Å². The molecule has 1 aliphatic heterocycles. The first-order valence-corrected chi connectivity index (χ1v) is 5.90. The topological polar surface area (TPSA) is 50.4 Å². The quantitative estimate of drug-likeness (QED) is 0.710. The number of carbonyl (C=O) groups is 1. The zero-order valence-electron chi connectivity index (χ0n) is 9.29. The van der Waals surface area contributed by atoms with Gasteiger partial charge in [-0.3, -0.25) is 4.79 Å². The molecule has 1 saturated heterocycles. The zero-order valence-corrected chi connectivity index (χ0v) is 9.29. The summed E-state index contributed by atoms with van der Waals surface area (Å²) in [5, 5.41) is 6.32. The molecule has 2 N–H and O–H groups in total. The minimum Gasteiger partial charge on any atom is -0.380 e. The third-order valence-corrected chi connectivity index (χ3v) is 2.96. The van der Waals surface area contributed by atoms with Gasteiger partial charge in [-0.15, -0.1) is 0 Å². The lowest BCUT2D eigenvalue weighted by Gasteiger charge is -2.26. The van der Waals surface area contributed by atoms with Gasteiger partial charge in [0, 0.05) is 18.7 Å². The van der Waals surface area contributed by atoms with E-state index < -0.39 is 0 Å². The molecule has 0 aromatic rings. The number of hydrogen-bond acceptors (Lipinski definition) is 3. The predicted octanol–water partition coefficient (Wildman–Crippen LogP) is 0.422. The molecule has 0 spiro atoms. The van der Waals surface area contributed by atoms with Gasteiger partial charge in [0.1, 0.15) is 0 Å². The average Bonchev–Trinajstić information content (AvgIpc) is 3.03. The van der Waals surface area contributed by atoms with E-state index in [4.69, 9.17) is 4.74 Å². The Bertz CT molecular complexity index is 223. The van der Waals surface area contributed by atoms with Crippen molar-refractivity contribution < 1.29 is 9.53 Å². The molecule has 1 heterocycles. The van der Waals surface area contributed by atoms with Crippen LogP contribution in [-0.2, 0) is 9.53 Å². The van der Waals surface area contributed by atoms with Gasteiger partial charge in [-0.05, 0) is 32.6 Å². The molecule has 2 rings (SSSR count). The molecule has 86 valence electrons. The van der Waals surface area contributed by atoms with Crippen LogP contribution in [0.1, 0.15) is 32.6 Å². The molecule has 1 aliphatic carbocycles. The summed E-state index contributed by atoms with van der Waals surface area (Å²) in [5.41, 5.74) is 0. The van der Waals surface area contributed by atoms with Gasteiger partial charge in [0.25, 0.3) is 0 Å². The van der Waals surface area contributed by atoms with Gasteiger partial charge in [-0.25, -0.2) is 0 Å². The Morgan fingerprint density at radius 2 is 2.13 bits per heavy atom. The molecule has 2 fully saturated rings. The van der Waals surface area contributed by atoms with Crippen LogP contribution in [0.15, 0.2) is 0 Å². The third kappa shape index (κ3) is 3.47. The van der Waals surface area contributed by atoms with E-state index in [0.717, 1.165) is 38.9 Å². The fraction of sp³-hybridized carbons (Fsp3) is 0.909. The predicted molar refractivity (Wildman–Crippen MR) is 57.6 cm³/mol. The standard InChI is InChI=1S/C11H20N2O2/c1-8(11(14)13-9-4-5-9)12-10-3-2-6-15-7-10/h8-10,12H,2-7H2,1H3,(H,13,14). The number of hydrogen-bond donors (Lipinski definition) is 2. The average molecular weight is 212 g/mol. The smallest absolute Gasteiger partial charge is 0.237 e. The molecular weight excluding hydrogens is 192 g/mol. The van der Waals surface area contributed by atoms with E-state index in [2.05, 4.69) is 10.6 Å². The lowest BCUT2D eigenvalue weighted by molar-refractivity contribution is -0.123. The Hall–Kier alpha value is -0.610. The SMILES string of the molecule is CC(NC1CCCOC1)C(=O)NC1CC1. The summed E-state index contributed by atoms with van der Waals surface area (Å²) in [4.78, 5) is 11.7. The van der Waals surface area contributed by atoms with Gasteiger partial charge >= 0.3 is 0 Å². The minimum absolute atomic E-state index is 0.0997. The molecule has 2 atom stereocenters. The summed E-state index contributed by atoms with van der Waals surface area (Å²) in [5.74, 6) is 0.128. The monoisotopic (exact) mass is 212 g/mol. The van der Waals surface area contributed by atoms with E-state index in [1.54, 1.807) is 0 Å². The van der Waals surface area contributed by atoms with Crippen LogP contribution < -0.4 is 10.6 Å². The van der Waals surface area contributed by atoms with Crippen molar-refractivity contribution in [1.29, 1.82) is 0 Å². The largest absolute Gasteiger partial charge is 0.380 e. The van der Waals surface area contributed by atoms with Crippen molar-refractivity contribution >= 4 is 5.91 Å². The Morgan fingerprint density at radius 1 is 1.33 bits per heavy atom.